The first-order valence-electron chi connectivity index (χ1n) is 7.92. The molecule has 0 saturated heterocycles. The van der Waals surface area contributed by atoms with Crippen molar-refractivity contribution in [2.45, 2.75) is 50.3 Å². The summed E-state index contributed by atoms with van der Waals surface area (Å²) in [6.07, 6.45) is 1.71. The molecule has 1 aromatic rings. The van der Waals surface area contributed by atoms with Crippen LogP contribution in [0.1, 0.15) is 38.5 Å². The van der Waals surface area contributed by atoms with Crippen LogP contribution in [-0.2, 0) is 21.2 Å². The van der Waals surface area contributed by atoms with Crippen LogP contribution in [-0.4, -0.2) is 44.3 Å². The first kappa shape index (κ1) is 23.3. The molecule has 3 N–H and O–H groups in total. The quantitative estimate of drug-likeness (QED) is 0.631. The maximum absolute atomic E-state index is 12.4. The van der Waals surface area contributed by atoms with Gasteiger partial charge in [-0.15, -0.1) is 23.7 Å². The summed E-state index contributed by atoms with van der Waals surface area (Å²) < 4.78 is 26.6. The van der Waals surface area contributed by atoms with Crippen LogP contribution in [0.2, 0.25) is 0 Å². The molecule has 0 saturated carbocycles. The summed E-state index contributed by atoms with van der Waals surface area (Å²) in [5, 5.41) is 2.83. The molecule has 1 amide bonds. The molecule has 1 unspecified atom stereocenters. The van der Waals surface area contributed by atoms with Crippen LogP contribution in [0.15, 0.2) is 16.3 Å². The van der Waals surface area contributed by atoms with Gasteiger partial charge in [0, 0.05) is 37.0 Å². The Hall–Kier alpha value is -0.670. The summed E-state index contributed by atoms with van der Waals surface area (Å²) in [6, 6.07) is 3.48. The molecule has 24 heavy (non-hydrogen) atoms. The fraction of sp³-hybridized carbons (Fsp3) is 0.667. The Labute approximate surface area is 155 Å². The fourth-order valence-electron chi connectivity index (χ4n) is 2.09. The van der Waals surface area contributed by atoms with Crippen LogP contribution in [0.5, 0.6) is 0 Å². The highest BCUT2D eigenvalue weighted by atomic mass is 35.5. The van der Waals surface area contributed by atoms with E-state index in [4.69, 9.17) is 5.73 Å². The number of thiophene rings is 1. The predicted molar refractivity (Wildman–Crippen MR) is 101 cm³/mol. The van der Waals surface area contributed by atoms with Crippen molar-refractivity contribution >= 4 is 39.7 Å². The number of rotatable bonds is 10. The third-order valence-electron chi connectivity index (χ3n) is 3.46. The third-order valence-corrected chi connectivity index (χ3v) is 7.12. The fourth-order valence-corrected chi connectivity index (χ4v) is 5.06. The minimum absolute atomic E-state index is 0. The number of nitrogens with one attached hydrogen (secondary N) is 1. The topological polar surface area (TPSA) is 92.5 Å². The molecule has 0 aliphatic heterocycles. The first-order chi connectivity index (χ1) is 10.8. The second-order valence-electron chi connectivity index (χ2n) is 5.43. The number of nitrogens with two attached hydrogens (primary N) is 1. The van der Waals surface area contributed by atoms with Gasteiger partial charge in [-0.1, -0.05) is 13.8 Å². The molecule has 0 fully saturated rings. The maximum atomic E-state index is 12.4. The number of carbonyl (C=O) groups is 1. The van der Waals surface area contributed by atoms with Crippen LogP contribution >= 0.6 is 23.7 Å². The second-order valence-corrected chi connectivity index (χ2v) is 8.76. The lowest BCUT2D eigenvalue weighted by Crippen LogP contribution is -2.30. The van der Waals surface area contributed by atoms with E-state index in [9.17, 15) is 13.2 Å². The lowest BCUT2D eigenvalue weighted by molar-refractivity contribution is -0.121. The van der Waals surface area contributed by atoms with Crippen molar-refractivity contribution in [1.82, 2.24) is 9.62 Å². The number of carbonyl (C=O) groups excluding carboxylic acids is 1. The molecule has 6 nitrogen and oxygen atoms in total. The summed E-state index contributed by atoms with van der Waals surface area (Å²) in [4.78, 5) is 12.6. The minimum atomic E-state index is -3.39. The minimum Gasteiger partial charge on any atom is -0.356 e. The molecule has 0 aliphatic rings. The van der Waals surface area contributed by atoms with Gasteiger partial charge in [0.25, 0.3) is 10.0 Å². The highest BCUT2D eigenvalue weighted by Crippen LogP contribution is 2.25. The van der Waals surface area contributed by atoms with Crippen molar-refractivity contribution in [2.24, 2.45) is 5.73 Å². The number of nitrogens with zero attached hydrogens (tertiary/aromatic N) is 1. The zero-order chi connectivity index (χ0) is 17.5. The van der Waals surface area contributed by atoms with Gasteiger partial charge in [-0.3, -0.25) is 4.79 Å². The molecule has 1 heterocycles. The summed E-state index contributed by atoms with van der Waals surface area (Å²) in [5.41, 5.74) is 5.61. The Balaban J connectivity index is 0.00000529. The van der Waals surface area contributed by atoms with Crippen molar-refractivity contribution in [3.63, 3.8) is 0 Å². The average Bonchev–Trinajstić information content (AvgIpc) is 2.96. The van der Waals surface area contributed by atoms with Gasteiger partial charge in [0.05, 0.1) is 0 Å². The smallest absolute Gasteiger partial charge is 0.252 e. The van der Waals surface area contributed by atoms with Crippen molar-refractivity contribution in [2.75, 3.05) is 19.6 Å². The largest absolute Gasteiger partial charge is 0.356 e. The van der Waals surface area contributed by atoms with Crippen molar-refractivity contribution < 1.29 is 13.2 Å². The van der Waals surface area contributed by atoms with Gasteiger partial charge in [0.1, 0.15) is 4.21 Å². The van der Waals surface area contributed by atoms with Crippen molar-refractivity contribution in [1.29, 1.82) is 0 Å². The first-order valence-corrected chi connectivity index (χ1v) is 10.2. The van der Waals surface area contributed by atoms with Crippen LogP contribution in [0, 0.1) is 0 Å². The van der Waals surface area contributed by atoms with E-state index in [0.29, 0.717) is 43.1 Å². The molecular weight excluding hydrogens is 370 g/mol. The zero-order valence-corrected chi connectivity index (χ0v) is 16.9. The summed E-state index contributed by atoms with van der Waals surface area (Å²) in [5.74, 6) is -0.0187. The molecular formula is C15H28ClN3O3S2. The number of halogens is 1. The summed E-state index contributed by atoms with van der Waals surface area (Å²) in [6.45, 7) is 6.95. The Bertz CT molecular complexity index is 599. The van der Waals surface area contributed by atoms with E-state index in [0.717, 1.165) is 4.88 Å². The highest BCUT2D eigenvalue weighted by Gasteiger charge is 2.23. The molecule has 1 rings (SSSR count). The highest BCUT2D eigenvalue weighted by molar-refractivity contribution is 7.91. The normalized spacial score (nSPS) is 12.7. The van der Waals surface area contributed by atoms with Crippen LogP contribution in [0.3, 0.4) is 0 Å². The number of hydrogen-bond acceptors (Lipinski definition) is 5. The Morgan fingerprint density at radius 2 is 1.96 bits per heavy atom. The van der Waals surface area contributed by atoms with Crippen LogP contribution in [0.4, 0.5) is 0 Å². The van der Waals surface area contributed by atoms with Gasteiger partial charge in [-0.2, -0.15) is 4.31 Å². The molecule has 0 aromatic carbocycles. The lowest BCUT2D eigenvalue weighted by atomic mass is 10.2. The summed E-state index contributed by atoms with van der Waals surface area (Å²) in [7, 11) is -3.39. The maximum Gasteiger partial charge on any atom is 0.252 e. The van der Waals surface area contributed by atoms with Crippen LogP contribution in [0.25, 0.3) is 0 Å². The monoisotopic (exact) mass is 397 g/mol. The Kier molecular flexibility index (Phi) is 10.7. The average molecular weight is 398 g/mol. The number of hydrogen-bond donors (Lipinski definition) is 2. The van der Waals surface area contributed by atoms with Gasteiger partial charge in [0.15, 0.2) is 0 Å². The van der Waals surface area contributed by atoms with Crippen LogP contribution < -0.4 is 11.1 Å². The predicted octanol–water partition coefficient (Wildman–Crippen LogP) is 1.99. The molecule has 0 bridgehead atoms. The van der Waals surface area contributed by atoms with E-state index in [1.54, 1.807) is 6.07 Å². The molecule has 1 atom stereocenters. The molecule has 1 aromatic heterocycles. The van der Waals surface area contributed by atoms with Gasteiger partial charge in [0.2, 0.25) is 5.91 Å². The Morgan fingerprint density at radius 1 is 1.33 bits per heavy atom. The molecule has 9 heteroatoms. The van der Waals surface area contributed by atoms with E-state index in [2.05, 4.69) is 5.32 Å². The standard InChI is InChI=1S/C15H27N3O3S2.ClH/c1-4-18(5-2)23(20,21)15-9-7-13(22-15)10-11-17-14(19)8-6-12(3)16;/h7,9,12H,4-6,8,10-11,16H2,1-3H3,(H,17,19);1H. The second kappa shape index (κ2) is 11.0. The number of amides is 1. The Morgan fingerprint density at radius 3 is 2.50 bits per heavy atom. The SMILES string of the molecule is CCN(CC)S(=O)(=O)c1ccc(CCNC(=O)CCC(C)N)s1.Cl. The zero-order valence-electron chi connectivity index (χ0n) is 14.4. The molecule has 140 valence electrons. The number of sulfonamides is 1. The van der Waals surface area contributed by atoms with Gasteiger partial charge in [-0.05, 0) is 31.9 Å². The van der Waals surface area contributed by atoms with Crippen molar-refractivity contribution in [3.8, 4) is 0 Å². The van der Waals surface area contributed by atoms with E-state index < -0.39 is 10.0 Å². The van der Waals surface area contributed by atoms with Gasteiger partial charge in [-0.25, -0.2) is 8.42 Å². The lowest BCUT2D eigenvalue weighted by Gasteiger charge is -2.16. The molecule has 0 aliphatic carbocycles. The summed E-state index contributed by atoms with van der Waals surface area (Å²) >= 11 is 1.27. The van der Waals surface area contributed by atoms with E-state index in [1.807, 2.05) is 26.8 Å². The third kappa shape index (κ3) is 7.06. The van der Waals surface area contributed by atoms with E-state index in [1.165, 1.54) is 15.6 Å². The van der Waals surface area contributed by atoms with E-state index >= 15 is 0 Å². The van der Waals surface area contributed by atoms with Gasteiger partial charge >= 0.3 is 0 Å². The molecule has 0 spiro atoms. The van der Waals surface area contributed by atoms with Crippen molar-refractivity contribution in [3.05, 3.63) is 17.0 Å². The molecule has 0 radical (unpaired) electrons. The van der Waals surface area contributed by atoms with Gasteiger partial charge < -0.3 is 11.1 Å². The van der Waals surface area contributed by atoms with E-state index in [-0.39, 0.29) is 24.4 Å².